The van der Waals surface area contributed by atoms with Gasteiger partial charge < -0.3 is 10.2 Å². The van der Waals surface area contributed by atoms with Gasteiger partial charge in [0.15, 0.2) is 0 Å². The summed E-state index contributed by atoms with van der Waals surface area (Å²) in [6, 6.07) is 7.61. The molecule has 118 valence electrons. The first-order valence-corrected chi connectivity index (χ1v) is 7.53. The molecule has 1 aromatic rings. The average Bonchev–Trinajstić information content (AvgIpc) is 2.87. The first-order chi connectivity index (χ1) is 9.45. The van der Waals surface area contributed by atoms with Gasteiger partial charge in [-0.1, -0.05) is 23.7 Å². The Hall–Kier alpha value is -0.770. The Morgan fingerprint density at radius 1 is 1.48 bits per heavy atom. The van der Waals surface area contributed by atoms with Crippen molar-refractivity contribution in [2.75, 3.05) is 26.7 Å². The third-order valence-electron chi connectivity index (χ3n) is 4.15. The minimum Gasteiger partial charge on any atom is -0.342 e. The SMILES string of the molecule is CNCC1CCN(C(=O)C(C)(C)c2cccc(Cl)c2)C1.Cl. The molecule has 0 saturated carbocycles. The van der Waals surface area contributed by atoms with Gasteiger partial charge in [0.25, 0.3) is 0 Å². The maximum Gasteiger partial charge on any atom is 0.232 e. The fourth-order valence-electron chi connectivity index (χ4n) is 2.87. The molecule has 2 rings (SSSR count). The lowest BCUT2D eigenvalue weighted by molar-refractivity contribution is -0.135. The van der Waals surface area contributed by atoms with E-state index in [4.69, 9.17) is 11.6 Å². The second-order valence-electron chi connectivity index (χ2n) is 6.10. The van der Waals surface area contributed by atoms with E-state index in [-0.39, 0.29) is 18.3 Å². The van der Waals surface area contributed by atoms with E-state index in [1.54, 1.807) is 0 Å². The Balaban J connectivity index is 0.00000220. The molecule has 1 aromatic carbocycles. The largest absolute Gasteiger partial charge is 0.342 e. The molecule has 1 N–H and O–H groups in total. The number of hydrogen-bond donors (Lipinski definition) is 1. The molecule has 0 bridgehead atoms. The van der Waals surface area contributed by atoms with Crippen molar-refractivity contribution in [1.29, 1.82) is 0 Å². The van der Waals surface area contributed by atoms with Gasteiger partial charge in [-0.3, -0.25) is 4.79 Å². The number of halogens is 2. The van der Waals surface area contributed by atoms with Crippen molar-refractivity contribution in [2.24, 2.45) is 5.92 Å². The van der Waals surface area contributed by atoms with Gasteiger partial charge in [-0.15, -0.1) is 12.4 Å². The van der Waals surface area contributed by atoms with Crippen LogP contribution in [0.25, 0.3) is 0 Å². The molecule has 1 saturated heterocycles. The summed E-state index contributed by atoms with van der Waals surface area (Å²) >= 11 is 6.05. The van der Waals surface area contributed by atoms with Gasteiger partial charge in [0.05, 0.1) is 5.41 Å². The zero-order chi connectivity index (χ0) is 14.8. The van der Waals surface area contributed by atoms with Gasteiger partial charge >= 0.3 is 0 Å². The summed E-state index contributed by atoms with van der Waals surface area (Å²) in [5.74, 6) is 0.762. The molecule has 0 radical (unpaired) electrons. The van der Waals surface area contributed by atoms with Gasteiger partial charge in [-0.05, 0) is 57.5 Å². The second kappa shape index (κ2) is 7.48. The molecular formula is C16H24Cl2N2O. The summed E-state index contributed by atoms with van der Waals surface area (Å²) in [6.45, 7) is 6.64. The maximum atomic E-state index is 12.8. The highest BCUT2D eigenvalue weighted by atomic mass is 35.5. The van der Waals surface area contributed by atoms with Crippen LogP contribution in [0.2, 0.25) is 5.02 Å². The van der Waals surface area contributed by atoms with E-state index in [1.165, 1.54) is 0 Å². The number of carbonyl (C=O) groups is 1. The fraction of sp³-hybridized carbons (Fsp3) is 0.562. The molecule has 1 amide bonds. The number of amides is 1. The maximum absolute atomic E-state index is 12.8. The quantitative estimate of drug-likeness (QED) is 0.919. The van der Waals surface area contributed by atoms with Gasteiger partial charge in [-0.25, -0.2) is 0 Å². The molecule has 0 aliphatic carbocycles. The zero-order valence-electron chi connectivity index (χ0n) is 12.9. The smallest absolute Gasteiger partial charge is 0.232 e. The third-order valence-corrected chi connectivity index (χ3v) is 4.38. The Kier molecular flexibility index (Phi) is 6.51. The Morgan fingerprint density at radius 2 is 2.19 bits per heavy atom. The molecule has 5 heteroatoms. The molecule has 21 heavy (non-hydrogen) atoms. The van der Waals surface area contributed by atoms with Crippen molar-refractivity contribution in [3.63, 3.8) is 0 Å². The van der Waals surface area contributed by atoms with E-state index in [0.717, 1.165) is 31.6 Å². The first-order valence-electron chi connectivity index (χ1n) is 7.15. The third kappa shape index (κ3) is 4.12. The summed E-state index contributed by atoms with van der Waals surface area (Å²) in [5, 5.41) is 3.87. The number of nitrogens with zero attached hydrogens (tertiary/aromatic N) is 1. The van der Waals surface area contributed by atoms with Gasteiger partial charge in [-0.2, -0.15) is 0 Å². The summed E-state index contributed by atoms with van der Waals surface area (Å²) in [6.07, 6.45) is 1.08. The number of benzene rings is 1. The van der Waals surface area contributed by atoms with Crippen LogP contribution in [-0.4, -0.2) is 37.5 Å². The number of rotatable bonds is 4. The first kappa shape index (κ1) is 18.3. The number of hydrogen-bond acceptors (Lipinski definition) is 2. The topological polar surface area (TPSA) is 32.3 Å². The number of carbonyl (C=O) groups excluding carboxylic acids is 1. The highest BCUT2D eigenvalue weighted by Crippen LogP contribution is 2.30. The monoisotopic (exact) mass is 330 g/mol. The minimum atomic E-state index is -0.528. The number of likely N-dealkylation sites (tertiary alicyclic amines) is 1. The highest BCUT2D eigenvalue weighted by molar-refractivity contribution is 6.30. The van der Waals surface area contributed by atoms with Crippen molar-refractivity contribution in [2.45, 2.75) is 25.7 Å². The fourth-order valence-corrected chi connectivity index (χ4v) is 3.06. The van der Waals surface area contributed by atoms with E-state index in [2.05, 4.69) is 5.32 Å². The lowest BCUT2D eigenvalue weighted by Gasteiger charge is -2.30. The molecule has 0 aromatic heterocycles. The zero-order valence-corrected chi connectivity index (χ0v) is 14.4. The summed E-state index contributed by atoms with van der Waals surface area (Å²) in [4.78, 5) is 14.8. The molecule has 3 nitrogen and oxygen atoms in total. The second-order valence-corrected chi connectivity index (χ2v) is 6.54. The van der Waals surface area contributed by atoms with Crippen LogP contribution in [-0.2, 0) is 10.2 Å². The van der Waals surface area contributed by atoms with Crippen molar-refractivity contribution in [3.8, 4) is 0 Å². The van der Waals surface area contributed by atoms with Gasteiger partial charge in [0.1, 0.15) is 0 Å². The molecule has 1 atom stereocenters. The normalized spacial score (nSPS) is 18.5. The van der Waals surface area contributed by atoms with Gasteiger partial charge in [0.2, 0.25) is 5.91 Å². The van der Waals surface area contributed by atoms with E-state index in [9.17, 15) is 4.79 Å². The lowest BCUT2D eigenvalue weighted by Crippen LogP contribution is -2.42. The Morgan fingerprint density at radius 3 is 2.81 bits per heavy atom. The van der Waals surface area contributed by atoms with Crippen LogP contribution in [0.1, 0.15) is 25.8 Å². The van der Waals surface area contributed by atoms with Gasteiger partial charge in [0, 0.05) is 18.1 Å². The molecule has 0 spiro atoms. The summed E-state index contributed by atoms with van der Waals surface area (Å²) in [7, 11) is 1.96. The molecule has 1 aliphatic rings. The number of nitrogens with one attached hydrogen (secondary N) is 1. The lowest BCUT2D eigenvalue weighted by atomic mass is 9.83. The highest BCUT2D eigenvalue weighted by Gasteiger charge is 2.36. The van der Waals surface area contributed by atoms with E-state index < -0.39 is 5.41 Å². The van der Waals surface area contributed by atoms with Crippen LogP contribution in [0.15, 0.2) is 24.3 Å². The standard InChI is InChI=1S/C16H23ClN2O.ClH/c1-16(2,13-5-4-6-14(17)9-13)15(20)19-8-7-12(11-19)10-18-3;/h4-6,9,12,18H,7-8,10-11H2,1-3H3;1H. The van der Waals surface area contributed by atoms with Crippen molar-refractivity contribution < 1.29 is 4.79 Å². The van der Waals surface area contributed by atoms with Crippen molar-refractivity contribution in [3.05, 3.63) is 34.9 Å². The van der Waals surface area contributed by atoms with E-state index in [1.807, 2.05) is 50.1 Å². The summed E-state index contributed by atoms with van der Waals surface area (Å²) in [5.41, 5.74) is 0.450. The van der Waals surface area contributed by atoms with Crippen molar-refractivity contribution in [1.82, 2.24) is 10.2 Å². The minimum absolute atomic E-state index is 0. The van der Waals surface area contributed by atoms with Crippen LogP contribution in [0.4, 0.5) is 0 Å². The molecule has 1 fully saturated rings. The average molecular weight is 331 g/mol. The van der Waals surface area contributed by atoms with E-state index in [0.29, 0.717) is 10.9 Å². The predicted octanol–water partition coefficient (Wildman–Crippen LogP) is 3.11. The van der Waals surface area contributed by atoms with Crippen LogP contribution in [0, 0.1) is 5.92 Å². The van der Waals surface area contributed by atoms with Crippen LogP contribution in [0.5, 0.6) is 0 Å². The van der Waals surface area contributed by atoms with E-state index >= 15 is 0 Å². The van der Waals surface area contributed by atoms with Crippen LogP contribution >= 0.6 is 24.0 Å². The Labute approximate surface area is 138 Å². The Bertz CT molecular complexity index is 491. The molecular weight excluding hydrogens is 307 g/mol. The summed E-state index contributed by atoms with van der Waals surface area (Å²) < 4.78 is 0. The molecule has 1 heterocycles. The van der Waals surface area contributed by atoms with Crippen molar-refractivity contribution >= 4 is 29.9 Å². The predicted molar refractivity (Wildman–Crippen MR) is 90.3 cm³/mol. The van der Waals surface area contributed by atoms with Crippen LogP contribution in [0.3, 0.4) is 0 Å². The molecule has 1 aliphatic heterocycles. The van der Waals surface area contributed by atoms with Crippen LogP contribution < -0.4 is 5.32 Å². The molecule has 1 unspecified atom stereocenters.